The van der Waals surface area contributed by atoms with E-state index in [9.17, 15) is 4.79 Å². The molecule has 3 nitrogen and oxygen atoms in total. The largest absolute Gasteiger partial charge is 0.384 e. The summed E-state index contributed by atoms with van der Waals surface area (Å²) < 4.78 is 0. The van der Waals surface area contributed by atoms with Crippen molar-refractivity contribution >= 4 is 11.5 Å². The molecule has 17 heavy (non-hydrogen) atoms. The normalized spacial score (nSPS) is 10.6. The fraction of sp³-hybridized carbons (Fsp3) is 0.500. The third-order valence-electron chi connectivity index (χ3n) is 2.89. The number of rotatable bonds is 7. The molecule has 1 N–H and O–H groups in total. The number of carbonyl (C=O) groups is 1. The van der Waals surface area contributed by atoms with E-state index >= 15 is 0 Å². The first-order valence-corrected chi connectivity index (χ1v) is 6.23. The molecule has 0 amide bonds. The van der Waals surface area contributed by atoms with Crippen molar-refractivity contribution in [3.8, 4) is 0 Å². The van der Waals surface area contributed by atoms with Crippen molar-refractivity contribution in [2.24, 2.45) is 0 Å². The minimum atomic E-state index is 0.197. The first-order valence-electron chi connectivity index (χ1n) is 6.23. The number of carbonyl (C=O) groups excluding carboxylic acids is 1. The number of anilines is 1. The molecule has 0 unspecified atom stereocenters. The van der Waals surface area contributed by atoms with Crippen LogP contribution in [0.4, 0.5) is 5.69 Å². The molecule has 0 aliphatic rings. The predicted molar refractivity (Wildman–Crippen MR) is 72.7 cm³/mol. The van der Waals surface area contributed by atoms with E-state index in [1.165, 1.54) is 0 Å². The molecular formula is C14H22N2O. The maximum absolute atomic E-state index is 11.4. The van der Waals surface area contributed by atoms with Crippen LogP contribution in [0.15, 0.2) is 24.3 Å². The Morgan fingerprint density at radius 1 is 1.24 bits per heavy atom. The van der Waals surface area contributed by atoms with Crippen molar-refractivity contribution in [1.29, 1.82) is 0 Å². The van der Waals surface area contributed by atoms with Gasteiger partial charge in [-0.2, -0.15) is 0 Å². The van der Waals surface area contributed by atoms with Gasteiger partial charge in [-0.1, -0.05) is 13.8 Å². The maximum Gasteiger partial charge on any atom is 0.162 e. The van der Waals surface area contributed by atoms with Crippen molar-refractivity contribution in [2.45, 2.75) is 20.3 Å². The van der Waals surface area contributed by atoms with Gasteiger partial charge in [0.2, 0.25) is 0 Å². The van der Waals surface area contributed by atoms with E-state index < -0.39 is 0 Å². The van der Waals surface area contributed by atoms with Crippen LogP contribution < -0.4 is 5.32 Å². The number of benzene rings is 1. The van der Waals surface area contributed by atoms with E-state index in [1.807, 2.05) is 31.2 Å². The third-order valence-corrected chi connectivity index (χ3v) is 2.89. The summed E-state index contributed by atoms with van der Waals surface area (Å²) in [6.07, 6.45) is 0.564. The molecule has 0 aromatic heterocycles. The van der Waals surface area contributed by atoms with Crippen LogP contribution in [0, 0.1) is 0 Å². The van der Waals surface area contributed by atoms with Gasteiger partial charge in [0.15, 0.2) is 5.78 Å². The Morgan fingerprint density at radius 2 is 1.88 bits per heavy atom. The summed E-state index contributed by atoms with van der Waals surface area (Å²) in [4.78, 5) is 13.7. The Labute approximate surface area is 104 Å². The van der Waals surface area contributed by atoms with Crippen LogP contribution in [0.1, 0.15) is 30.6 Å². The second-order valence-electron chi connectivity index (χ2n) is 4.18. The van der Waals surface area contributed by atoms with Crippen molar-refractivity contribution in [3.05, 3.63) is 29.8 Å². The lowest BCUT2D eigenvalue weighted by molar-refractivity contribution is 0.0988. The highest BCUT2D eigenvalue weighted by Crippen LogP contribution is 2.10. The minimum Gasteiger partial charge on any atom is -0.384 e. The average molecular weight is 234 g/mol. The predicted octanol–water partition coefficient (Wildman–Crippen LogP) is 2.64. The molecule has 0 bridgehead atoms. The van der Waals surface area contributed by atoms with Gasteiger partial charge < -0.3 is 10.2 Å². The van der Waals surface area contributed by atoms with E-state index in [0.29, 0.717) is 6.42 Å². The minimum absolute atomic E-state index is 0.197. The van der Waals surface area contributed by atoms with Gasteiger partial charge >= 0.3 is 0 Å². The fourth-order valence-electron chi connectivity index (χ4n) is 1.53. The van der Waals surface area contributed by atoms with E-state index in [4.69, 9.17) is 0 Å². The molecule has 0 aliphatic heterocycles. The molecule has 0 aliphatic carbocycles. The van der Waals surface area contributed by atoms with Crippen LogP contribution in [0.2, 0.25) is 0 Å². The summed E-state index contributed by atoms with van der Waals surface area (Å²) in [5, 5.41) is 3.34. The van der Waals surface area contributed by atoms with Crippen molar-refractivity contribution < 1.29 is 4.79 Å². The van der Waals surface area contributed by atoms with Gasteiger partial charge in [-0.15, -0.1) is 0 Å². The maximum atomic E-state index is 11.4. The second-order valence-corrected chi connectivity index (χ2v) is 4.18. The third kappa shape index (κ3) is 4.57. The second kappa shape index (κ2) is 7.07. The molecule has 0 saturated carbocycles. The topological polar surface area (TPSA) is 32.3 Å². The zero-order valence-corrected chi connectivity index (χ0v) is 11.0. The fourth-order valence-corrected chi connectivity index (χ4v) is 1.53. The van der Waals surface area contributed by atoms with Crippen molar-refractivity contribution in [3.63, 3.8) is 0 Å². The van der Waals surface area contributed by atoms with Gasteiger partial charge in [0.25, 0.3) is 0 Å². The molecular weight excluding hydrogens is 212 g/mol. The summed E-state index contributed by atoms with van der Waals surface area (Å²) in [6, 6.07) is 7.71. The SMILES string of the molecule is CCC(=O)c1ccc(NCCN(C)CC)cc1. The molecule has 0 spiro atoms. The van der Waals surface area contributed by atoms with Crippen molar-refractivity contribution in [2.75, 3.05) is 32.0 Å². The number of nitrogens with one attached hydrogen (secondary N) is 1. The monoisotopic (exact) mass is 234 g/mol. The summed E-state index contributed by atoms with van der Waals surface area (Å²) in [5.74, 6) is 0.197. The lowest BCUT2D eigenvalue weighted by Crippen LogP contribution is -2.24. The van der Waals surface area contributed by atoms with Crippen molar-refractivity contribution in [1.82, 2.24) is 4.90 Å². The summed E-state index contributed by atoms with van der Waals surface area (Å²) >= 11 is 0. The van der Waals surface area contributed by atoms with Crippen LogP contribution >= 0.6 is 0 Å². The Balaban J connectivity index is 2.43. The molecule has 0 heterocycles. The highest BCUT2D eigenvalue weighted by Gasteiger charge is 2.02. The van der Waals surface area contributed by atoms with Crippen LogP contribution in [-0.2, 0) is 0 Å². The van der Waals surface area contributed by atoms with E-state index in [-0.39, 0.29) is 5.78 Å². The molecule has 0 fully saturated rings. The summed E-state index contributed by atoms with van der Waals surface area (Å²) in [5.41, 5.74) is 1.87. The van der Waals surface area contributed by atoms with Gasteiger partial charge in [0, 0.05) is 30.8 Å². The number of hydrogen-bond donors (Lipinski definition) is 1. The lowest BCUT2D eigenvalue weighted by Gasteiger charge is -2.14. The molecule has 94 valence electrons. The first-order chi connectivity index (χ1) is 8.17. The van der Waals surface area contributed by atoms with Crippen LogP contribution in [-0.4, -0.2) is 37.4 Å². The number of likely N-dealkylation sites (N-methyl/N-ethyl adjacent to an activating group) is 1. The van der Waals surface area contributed by atoms with Crippen LogP contribution in [0.25, 0.3) is 0 Å². The molecule has 0 radical (unpaired) electrons. The molecule has 1 rings (SSSR count). The highest BCUT2D eigenvalue weighted by molar-refractivity contribution is 5.96. The first kappa shape index (κ1) is 13.7. The van der Waals surface area contributed by atoms with E-state index in [0.717, 1.165) is 30.9 Å². The molecule has 0 atom stereocenters. The zero-order valence-electron chi connectivity index (χ0n) is 11.0. The van der Waals surface area contributed by atoms with Gasteiger partial charge in [-0.25, -0.2) is 0 Å². The van der Waals surface area contributed by atoms with E-state index in [2.05, 4.69) is 24.2 Å². The van der Waals surface area contributed by atoms with Gasteiger partial charge in [-0.3, -0.25) is 4.79 Å². The molecule has 1 aromatic rings. The summed E-state index contributed by atoms with van der Waals surface area (Å²) in [6.45, 7) is 7.03. The number of hydrogen-bond acceptors (Lipinski definition) is 3. The van der Waals surface area contributed by atoms with Gasteiger partial charge in [0.05, 0.1) is 0 Å². The highest BCUT2D eigenvalue weighted by atomic mass is 16.1. The number of ketones is 1. The smallest absolute Gasteiger partial charge is 0.162 e. The standard InChI is InChI=1S/C14H22N2O/c1-4-14(17)12-6-8-13(9-7-12)15-10-11-16(3)5-2/h6-9,15H,4-5,10-11H2,1-3H3. The lowest BCUT2D eigenvalue weighted by atomic mass is 10.1. The average Bonchev–Trinajstić information content (AvgIpc) is 2.38. The quantitative estimate of drug-likeness (QED) is 0.736. The Morgan fingerprint density at radius 3 is 2.41 bits per heavy atom. The van der Waals surface area contributed by atoms with Crippen LogP contribution in [0.3, 0.4) is 0 Å². The zero-order chi connectivity index (χ0) is 12.7. The van der Waals surface area contributed by atoms with Crippen LogP contribution in [0.5, 0.6) is 0 Å². The summed E-state index contributed by atoms with van der Waals surface area (Å²) in [7, 11) is 2.10. The molecule has 3 heteroatoms. The van der Waals surface area contributed by atoms with Gasteiger partial charge in [0.1, 0.15) is 0 Å². The molecule has 1 aromatic carbocycles. The Kier molecular flexibility index (Phi) is 5.70. The number of nitrogens with zero attached hydrogens (tertiary/aromatic N) is 1. The van der Waals surface area contributed by atoms with Gasteiger partial charge in [-0.05, 0) is 37.9 Å². The Bertz CT molecular complexity index is 346. The molecule has 0 saturated heterocycles. The number of Topliss-reactive ketones (excluding diaryl/α,β-unsaturated/α-hetero) is 1. The Hall–Kier alpha value is -1.35. The van der Waals surface area contributed by atoms with E-state index in [1.54, 1.807) is 0 Å².